The molecule has 3 N–H and O–H groups in total. The van der Waals surface area contributed by atoms with E-state index in [-0.39, 0.29) is 11.5 Å². The van der Waals surface area contributed by atoms with Gasteiger partial charge in [0.25, 0.3) is 5.91 Å². The molecule has 0 heterocycles. The summed E-state index contributed by atoms with van der Waals surface area (Å²) in [6.07, 6.45) is 0.915. The smallest absolute Gasteiger partial charge is 0.261 e. The molecule has 0 radical (unpaired) electrons. The number of carbonyl (C=O) groups excluding carboxylic acids is 1. The van der Waals surface area contributed by atoms with Crippen molar-refractivity contribution < 1.29 is 23.2 Å². The highest BCUT2D eigenvalue weighted by Gasteiger charge is 2.36. The third-order valence-electron chi connectivity index (χ3n) is 3.89. The first-order valence-corrected chi connectivity index (χ1v) is 11.5. The van der Waals surface area contributed by atoms with Gasteiger partial charge in [-0.2, -0.15) is 11.8 Å². The molecule has 1 aromatic carbocycles. The maximum Gasteiger partial charge on any atom is 0.261 e. The number of nitrogens with one attached hydrogen (secondary N) is 2. The molecule has 0 spiro atoms. The first-order valence-electron chi connectivity index (χ1n) is 8.84. The Labute approximate surface area is 171 Å². The summed E-state index contributed by atoms with van der Waals surface area (Å²) in [6, 6.07) is 5.12. The molecule has 7 nitrogen and oxygen atoms in total. The lowest BCUT2D eigenvalue weighted by Crippen LogP contribution is -2.55. The minimum absolute atomic E-state index is 0.107. The van der Waals surface area contributed by atoms with E-state index < -0.39 is 32.4 Å². The van der Waals surface area contributed by atoms with Crippen molar-refractivity contribution in [2.45, 2.75) is 49.8 Å². The summed E-state index contributed by atoms with van der Waals surface area (Å²) in [5.41, 5.74) is 1.62. The van der Waals surface area contributed by atoms with Crippen LogP contribution >= 0.6 is 11.8 Å². The number of hydrogen-bond donors (Lipinski definition) is 3. The van der Waals surface area contributed by atoms with Crippen LogP contribution in [0.25, 0.3) is 0 Å². The molecule has 28 heavy (non-hydrogen) atoms. The van der Waals surface area contributed by atoms with Gasteiger partial charge in [0.2, 0.25) is 0 Å². The average Bonchev–Trinajstić information content (AvgIpc) is 2.66. The van der Waals surface area contributed by atoms with Gasteiger partial charge in [-0.05, 0) is 57.2 Å². The van der Waals surface area contributed by atoms with Crippen molar-refractivity contribution in [2.75, 3.05) is 18.2 Å². The first-order chi connectivity index (χ1) is 13.2. The SMILES string of the molecule is CC#CCOc1ccc(S(=O)(=O)CNC(C(=O)NO)C(C)(C)SCCC)cc1. The van der Waals surface area contributed by atoms with Gasteiger partial charge >= 0.3 is 0 Å². The normalized spacial score (nSPS) is 12.6. The van der Waals surface area contributed by atoms with E-state index in [9.17, 15) is 13.2 Å². The fourth-order valence-corrected chi connectivity index (χ4v) is 4.57. The van der Waals surface area contributed by atoms with Gasteiger partial charge in [0.05, 0.1) is 4.90 Å². The quantitative estimate of drug-likeness (QED) is 0.282. The number of carbonyl (C=O) groups is 1. The lowest BCUT2D eigenvalue weighted by Gasteiger charge is -2.32. The van der Waals surface area contributed by atoms with E-state index in [2.05, 4.69) is 17.2 Å². The van der Waals surface area contributed by atoms with E-state index in [1.807, 2.05) is 20.8 Å². The van der Waals surface area contributed by atoms with Crippen molar-refractivity contribution in [1.82, 2.24) is 10.8 Å². The molecule has 0 fully saturated rings. The van der Waals surface area contributed by atoms with Crippen LogP contribution in [0.15, 0.2) is 29.2 Å². The highest BCUT2D eigenvalue weighted by Crippen LogP contribution is 2.29. The van der Waals surface area contributed by atoms with E-state index in [4.69, 9.17) is 9.94 Å². The first kappa shape index (κ1) is 24.3. The second kappa shape index (κ2) is 11.3. The molecular formula is C19H28N2O5S2. The molecule has 1 aromatic rings. The molecular weight excluding hydrogens is 400 g/mol. The van der Waals surface area contributed by atoms with Gasteiger partial charge in [0.1, 0.15) is 24.3 Å². The lowest BCUT2D eigenvalue weighted by molar-refractivity contribution is -0.131. The van der Waals surface area contributed by atoms with E-state index in [0.29, 0.717) is 5.75 Å². The molecule has 0 bridgehead atoms. The van der Waals surface area contributed by atoms with Crippen molar-refractivity contribution in [1.29, 1.82) is 0 Å². The number of benzene rings is 1. The van der Waals surface area contributed by atoms with Gasteiger partial charge in [-0.1, -0.05) is 12.8 Å². The van der Waals surface area contributed by atoms with Crippen LogP contribution in [0.4, 0.5) is 0 Å². The molecule has 156 valence electrons. The standard InChI is InChI=1S/C19H28N2O5S2/c1-5-7-12-26-15-8-10-16(11-9-15)28(24,25)14-20-17(18(22)21-23)19(3,4)27-13-6-2/h8-11,17,20,23H,6,12-14H2,1-4H3,(H,21,22). The molecule has 0 saturated carbocycles. The molecule has 1 amide bonds. The second-order valence-corrected chi connectivity index (χ2v) is 10.2. The second-order valence-electron chi connectivity index (χ2n) is 6.51. The zero-order chi connectivity index (χ0) is 21.2. The minimum atomic E-state index is -3.69. The maximum atomic E-state index is 12.6. The predicted octanol–water partition coefficient (Wildman–Crippen LogP) is 2.21. The zero-order valence-electron chi connectivity index (χ0n) is 16.6. The van der Waals surface area contributed by atoms with Crippen molar-refractivity contribution >= 4 is 27.5 Å². The monoisotopic (exact) mass is 428 g/mol. The molecule has 1 rings (SSSR count). The molecule has 1 atom stereocenters. The Morgan fingerprint density at radius 2 is 1.96 bits per heavy atom. The lowest BCUT2D eigenvalue weighted by atomic mass is 10.0. The number of sulfone groups is 1. The van der Waals surface area contributed by atoms with Gasteiger partial charge in [-0.15, -0.1) is 5.92 Å². The minimum Gasteiger partial charge on any atom is -0.481 e. The van der Waals surface area contributed by atoms with Gasteiger partial charge in [0, 0.05) is 4.75 Å². The summed E-state index contributed by atoms with van der Waals surface area (Å²) < 4.78 is 30.0. The van der Waals surface area contributed by atoms with Gasteiger partial charge in [-0.3, -0.25) is 15.3 Å². The molecule has 0 aliphatic heterocycles. The molecule has 0 aromatic heterocycles. The molecule has 0 aliphatic carbocycles. The number of hydrogen-bond acceptors (Lipinski definition) is 7. The molecule has 0 aliphatic rings. The summed E-state index contributed by atoms with van der Waals surface area (Å²) in [4.78, 5) is 12.2. The maximum absolute atomic E-state index is 12.6. The Bertz CT molecular complexity index is 796. The van der Waals surface area contributed by atoms with Crippen LogP contribution < -0.4 is 15.5 Å². The number of amides is 1. The van der Waals surface area contributed by atoms with Crippen LogP contribution in [-0.2, 0) is 14.6 Å². The highest BCUT2D eigenvalue weighted by atomic mass is 32.2. The average molecular weight is 429 g/mol. The van der Waals surface area contributed by atoms with Crippen LogP contribution in [0.1, 0.15) is 34.1 Å². The molecule has 9 heteroatoms. The molecule has 1 unspecified atom stereocenters. The Morgan fingerprint density at radius 3 is 2.50 bits per heavy atom. The summed E-state index contributed by atoms with van der Waals surface area (Å²) in [6.45, 7) is 7.62. The van der Waals surface area contributed by atoms with Crippen LogP contribution in [0, 0.1) is 11.8 Å². The number of thioether (sulfide) groups is 1. The van der Waals surface area contributed by atoms with Crippen molar-refractivity contribution in [3.05, 3.63) is 24.3 Å². The van der Waals surface area contributed by atoms with E-state index in [0.717, 1.165) is 12.2 Å². The summed E-state index contributed by atoms with van der Waals surface area (Å²) in [7, 11) is -3.69. The summed E-state index contributed by atoms with van der Waals surface area (Å²) in [5.74, 6) is 5.67. The zero-order valence-corrected chi connectivity index (χ0v) is 18.2. The van der Waals surface area contributed by atoms with Crippen LogP contribution in [0.3, 0.4) is 0 Å². The van der Waals surface area contributed by atoms with Crippen LogP contribution in [0.5, 0.6) is 5.75 Å². The third kappa shape index (κ3) is 7.36. The number of rotatable bonds is 11. The van der Waals surface area contributed by atoms with Crippen LogP contribution in [-0.4, -0.2) is 48.6 Å². The Balaban J connectivity index is 2.87. The number of hydroxylamine groups is 1. The fourth-order valence-electron chi connectivity index (χ4n) is 2.38. The van der Waals surface area contributed by atoms with E-state index in [1.54, 1.807) is 24.5 Å². The topological polar surface area (TPSA) is 105 Å². The predicted molar refractivity (Wildman–Crippen MR) is 111 cm³/mol. The van der Waals surface area contributed by atoms with Gasteiger partial charge in [0.15, 0.2) is 9.84 Å². The summed E-state index contributed by atoms with van der Waals surface area (Å²) >= 11 is 1.53. The van der Waals surface area contributed by atoms with Crippen molar-refractivity contribution in [3.8, 4) is 17.6 Å². The Morgan fingerprint density at radius 1 is 1.32 bits per heavy atom. The Kier molecular flexibility index (Phi) is 9.82. The van der Waals surface area contributed by atoms with Gasteiger partial charge in [-0.25, -0.2) is 13.9 Å². The van der Waals surface area contributed by atoms with Crippen molar-refractivity contribution in [3.63, 3.8) is 0 Å². The van der Waals surface area contributed by atoms with E-state index in [1.165, 1.54) is 23.9 Å². The number of ether oxygens (including phenoxy) is 1. The molecule has 0 saturated heterocycles. The van der Waals surface area contributed by atoms with Crippen LogP contribution in [0.2, 0.25) is 0 Å². The third-order valence-corrected chi connectivity index (χ3v) is 7.02. The summed E-state index contributed by atoms with van der Waals surface area (Å²) in [5, 5.41) is 11.8. The highest BCUT2D eigenvalue weighted by molar-refractivity contribution is 8.00. The largest absolute Gasteiger partial charge is 0.481 e. The van der Waals surface area contributed by atoms with Crippen molar-refractivity contribution in [2.24, 2.45) is 0 Å². The van der Waals surface area contributed by atoms with E-state index >= 15 is 0 Å². The van der Waals surface area contributed by atoms with Gasteiger partial charge < -0.3 is 4.74 Å². The Hall–Kier alpha value is -1.73. The fraction of sp³-hybridized carbons (Fsp3) is 0.526.